The molecule has 0 aromatic heterocycles. The number of fused-ring (bicyclic) bond motifs is 2. The van der Waals surface area contributed by atoms with Gasteiger partial charge in [-0.15, -0.1) is 0 Å². The van der Waals surface area contributed by atoms with Gasteiger partial charge in [0, 0.05) is 12.0 Å². The monoisotopic (exact) mass is 284 g/mol. The molecule has 1 saturated heterocycles. The van der Waals surface area contributed by atoms with Crippen molar-refractivity contribution in [3.8, 4) is 5.75 Å². The summed E-state index contributed by atoms with van der Waals surface area (Å²) in [5, 5.41) is 5.27. The average Bonchev–Trinajstić information content (AvgIpc) is 2.97. The van der Waals surface area contributed by atoms with Gasteiger partial charge in [0.1, 0.15) is 19.2 Å². The lowest BCUT2D eigenvalue weighted by Crippen LogP contribution is -2.55. The molecule has 0 bridgehead atoms. The fourth-order valence-corrected chi connectivity index (χ4v) is 4.02. The summed E-state index contributed by atoms with van der Waals surface area (Å²) in [6, 6.07) is 5.43. The van der Waals surface area contributed by atoms with Gasteiger partial charge in [0.05, 0.1) is 0 Å². The molecule has 3 amide bonds. The maximum atomic E-state index is 12.5. The Morgan fingerprint density at radius 3 is 2.62 bits per heavy atom. The number of amides is 3. The summed E-state index contributed by atoms with van der Waals surface area (Å²) in [4.78, 5) is 24.3. The first-order chi connectivity index (χ1) is 10.0. The molecule has 5 nitrogen and oxygen atoms in total. The van der Waals surface area contributed by atoms with Crippen LogP contribution in [-0.4, -0.2) is 25.4 Å². The fourth-order valence-electron chi connectivity index (χ4n) is 4.02. The normalized spacial score (nSPS) is 29.1. The van der Waals surface area contributed by atoms with Crippen molar-refractivity contribution in [3.05, 3.63) is 23.8 Å². The highest BCUT2D eigenvalue weighted by atomic mass is 16.5. The summed E-state index contributed by atoms with van der Waals surface area (Å²) in [5.41, 5.74) is 0.537. The lowest BCUT2D eigenvalue weighted by atomic mass is 9.74. The molecule has 1 aliphatic carbocycles. The van der Waals surface area contributed by atoms with E-state index in [1.807, 2.05) is 26.0 Å². The molecule has 2 N–H and O–H groups in total. The highest BCUT2D eigenvalue weighted by Gasteiger charge is 2.58. The Kier molecular flexibility index (Phi) is 2.44. The number of carbonyl (C=O) groups excluding carboxylic acids is 2. The Bertz CT molecular complexity index is 654. The number of nitrogens with one attached hydrogen (secondary N) is 2. The number of hydrogen-bond donors (Lipinski definition) is 2. The highest BCUT2D eigenvalue weighted by Crippen LogP contribution is 2.50. The second kappa shape index (κ2) is 4.03. The Labute approximate surface area is 123 Å². The fraction of sp³-hybridized carbons (Fsp3) is 0.467. The summed E-state index contributed by atoms with van der Waals surface area (Å²) in [6.07, 6.45) is 4.60. The van der Waals surface area contributed by atoms with Crippen LogP contribution in [-0.2, 0) is 10.3 Å². The minimum absolute atomic E-state index is 0.256. The SMILES string of the molecule is Bc1ccc2c(c1)C1(CC3(CCCC3)O2)NC(=O)NC1=O. The minimum atomic E-state index is -0.971. The third-order valence-electron chi connectivity index (χ3n) is 4.97. The van der Waals surface area contributed by atoms with Gasteiger partial charge in [-0.05, 0) is 31.7 Å². The van der Waals surface area contributed by atoms with Crippen LogP contribution in [0.25, 0.3) is 0 Å². The summed E-state index contributed by atoms with van der Waals surface area (Å²) in [5.74, 6) is 0.472. The van der Waals surface area contributed by atoms with Crippen molar-refractivity contribution in [1.82, 2.24) is 10.6 Å². The van der Waals surface area contributed by atoms with Gasteiger partial charge in [0.15, 0.2) is 5.54 Å². The van der Waals surface area contributed by atoms with Crippen LogP contribution in [0.2, 0.25) is 0 Å². The number of urea groups is 1. The van der Waals surface area contributed by atoms with Crippen LogP contribution in [0.1, 0.15) is 37.7 Å². The van der Waals surface area contributed by atoms with E-state index in [0.29, 0.717) is 6.42 Å². The number of imide groups is 1. The Hall–Kier alpha value is -1.98. The van der Waals surface area contributed by atoms with Crippen molar-refractivity contribution >= 4 is 25.2 Å². The number of ether oxygens (including phenoxy) is 1. The predicted molar refractivity (Wildman–Crippen MR) is 79.4 cm³/mol. The van der Waals surface area contributed by atoms with E-state index in [9.17, 15) is 9.59 Å². The van der Waals surface area contributed by atoms with Crippen LogP contribution in [0.15, 0.2) is 18.2 Å². The number of rotatable bonds is 0. The van der Waals surface area contributed by atoms with E-state index in [0.717, 1.165) is 42.5 Å². The maximum absolute atomic E-state index is 12.5. The first-order valence-corrected chi connectivity index (χ1v) is 7.47. The van der Waals surface area contributed by atoms with Crippen LogP contribution < -0.4 is 20.8 Å². The zero-order valence-corrected chi connectivity index (χ0v) is 12.0. The zero-order chi connectivity index (χ0) is 14.7. The molecule has 3 aliphatic rings. The third kappa shape index (κ3) is 1.71. The third-order valence-corrected chi connectivity index (χ3v) is 4.97. The van der Waals surface area contributed by atoms with Crippen molar-refractivity contribution in [2.75, 3.05) is 0 Å². The van der Waals surface area contributed by atoms with Crippen molar-refractivity contribution in [2.24, 2.45) is 0 Å². The molecule has 2 heterocycles. The van der Waals surface area contributed by atoms with E-state index >= 15 is 0 Å². The standard InChI is InChI=1S/C15H17BN2O3/c16-9-3-4-11-10(7-9)15(12(19)17-13(20)18-15)8-14(21-11)5-1-2-6-14/h3-4,7H,1-2,5-6,8,16H2,(H2,17,18,19,20). The molecule has 0 radical (unpaired) electrons. The largest absolute Gasteiger partial charge is 0.487 e. The van der Waals surface area contributed by atoms with E-state index in [1.165, 1.54) is 0 Å². The summed E-state index contributed by atoms with van der Waals surface area (Å²) >= 11 is 0. The zero-order valence-electron chi connectivity index (χ0n) is 12.0. The molecule has 108 valence electrons. The van der Waals surface area contributed by atoms with E-state index in [2.05, 4.69) is 10.6 Å². The van der Waals surface area contributed by atoms with Gasteiger partial charge in [0.25, 0.3) is 5.91 Å². The van der Waals surface area contributed by atoms with Crippen molar-refractivity contribution in [1.29, 1.82) is 0 Å². The van der Waals surface area contributed by atoms with Gasteiger partial charge < -0.3 is 10.1 Å². The Morgan fingerprint density at radius 1 is 1.19 bits per heavy atom. The number of hydrogen-bond acceptors (Lipinski definition) is 3. The summed E-state index contributed by atoms with van der Waals surface area (Å²) in [7, 11) is 1.97. The molecule has 1 unspecified atom stereocenters. The Morgan fingerprint density at radius 2 is 1.95 bits per heavy atom. The van der Waals surface area contributed by atoms with Crippen LogP contribution in [0.5, 0.6) is 5.75 Å². The minimum Gasteiger partial charge on any atom is -0.487 e. The van der Waals surface area contributed by atoms with Crippen LogP contribution in [0, 0.1) is 0 Å². The van der Waals surface area contributed by atoms with Gasteiger partial charge in [0.2, 0.25) is 0 Å². The lowest BCUT2D eigenvalue weighted by molar-refractivity contribution is -0.128. The smallest absolute Gasteiger partial charge is 0.322 e. The average molecular weight is 284 g/mol. The molecule has 1 atom stereocenters. The number of benzene rings is 1. The molecule has 2 spiro atoms. The van der Waals surface area contributed by atoms with E-state index in [1.54, 1.807) is 0 Å². The quantitative estimate of drug-likeness (QED) is 0.523. The molecule has 6 heteroatoms. The Balaban J connectivity index is 1.91. The highest BCUT2D eigenvalue weighted by molar-refractivity contribution is 6.32. The van der Waals surface area contributed by atoms with E-state index in [-0.39, 0.29) is 11.5 Å². The van der Waals surface area contributed by atoms with Gasteiger partial charge in [-0.25, -0.2) is 4.79 Å². The van der Waals surface area contributed by atoms with E-state index < -0.39 is 11.6 Å². The van der Waals surface area contributed by atoms with Crippen LogP contribution >= 0.6 is 0 Å². The number of carbonyl (C=O) groups is 2. The molecule has 1 saturated carbocycles. The molecular formula is C15H17BN2O3. The molecule has 1 aromatic rings. The molecule has 21 heavy (non-hydrogen) atoms. The van der Waals surface area contributed by atoms with Gasteiger partial charge in [-0.2, -0.15) is 0 Å². The second-order valence-electron chi connectivity index (χ2n) is 6.48. The van der Waals surface area contributed by atoms with Crippen molar-refractivity contribution in [3.63, 3.8) is 0 Å². The van der Waals surface area contributed by atoms with Crippen molar-refractivity contribution < 1.29 is 14.3 Å². The molecule has 4 rings (SSSR count). The van der Waals surface area contributed by atoms with Gasteiger partial charge in [-0.3, -0.25) is 10.1 Å². The van der Waals surface area contributed by atoms with Gasteiger partial charge >= 0.3 is 6.03 Å². The van der Waals surface area contributed by atoms with E-state index in [4.69, 9.17) is 4.74 Å². The summed E-state index contributed by atoms with van der Waals surface area (Å²) < 4.78 is 6.27. The summed E-state index contributed by atoms with van der Waals surface area (Å²) in [6.45, 7) is 0. The van der Waals surface area contributed by atoms with Gasteiger partial charge in [-0.1, -0.05) is 17.6 Å². The van der Waals surface area contributed by atoms with Crippen molar-refractivity contribution in [2.45, 2.75) is 43.2 Å². The molecule has 1 aromatic carbocycles. The predicted octanol–water partition coefficient (Wildman–Crippen LogP) is 0.0750. The lowest BCUT2D eigenvalue weighted by Gasteiger charge is -2.44. The second-order valence-corrected chi connectivity index (χ2v) is 6.48. The molecular weight excluding hydrogens is 267 g/mol. The molecule has 2 aliphatic heterocycles. The van der Waals surface area contributed by atoms with Crippen LogP contribution in [0.3, 0.4) is 0 Å². The first-order valence-electron chi connectivity index (χ1n) is 7.47. The molecule has 2 fully saturated rings. The topological polar surface area (TPSA) is 67.4 Å². The maximum Gasteiger partial charge on any atom is 0.322 e. The first kappa shape index (κ1) is 12.7. The van der Waals surface area contributed by atoms with Crippen LogP contribution in [0.4, 0.5) is 4.79 Å².